The maximum atomic E-state index is 5.50. The van der Waals surface area contributed by atoms with Crippen molar-refractivity contribution in [3.05, 3.63) is 46.2 Å². The van der Waals surface area contributed by atoms with Gasteiger partial charge in [0.15, 0.2) is 5.96 Å². The molecule has 2 unspecified atom stereocenters. The van der Waals surface area contributed by atoms with Crippen LogP contribution in [0, 0.1) is 0 Å². The molecule has 2 aromatic rings. The van der Waals surface area contributed by atoms with E-state index >= 15 is 0 Å². The van der Waals surface area contributed by atoms with E-state index in [9.17, 15) is 0 Å². The average Bonchev–Trinajstić information content (AvgIpc) is 3.20. The van der Waals surface area contributed by atoms with Gasteiger partial charge in [0.25, 0.3) is 0 Å². The molecule has 1 aromatic heterocycles. The minimum atomic E-state index is 0. The van der Waals surface area contributed by atoms with Gasteiger partial charge in [0.2, 0.25) is 0 Å². The molecule has 2 N–H and O–H groups in total. The third-order valence-electron chi connectivity index (χ3n) is 4.15. The third-order valence-corrected chi connectivity index (χ3v) is 5.26. The van der Waals surface area contributed by atoms with Gasteiger partial charge in [0.05, 0.1) is 26.8 Å². The van der Waals surface area contributed by atoms with Gasteiger partial charge in [0.1, 0.15) is 11.5 Å². The van der Waals surface area contributed by atoms with Gasteiger partial charge in [-0.3, -0.25) is 4.99 Å². The quantitative estimate of drug-likeness (QED) is 0.309. The zero-order valence-electron chi connectivity index (χ0n) is 16.6. The Bertz CT molecular complexity index is 707. The molecule has 0 aliphatic carbocycles. The van der Waals surface area contributed by atoms with E-state index in [0.717, 1.165) is 36.1 Å². The Hall–Kier alpha value is -1.48. The van der Waals surface area contributed by atoms with Gasteiger partial charge in [-0.05, 0) is 43.5 Å². The normalized spacial score (nSPS) is 13.3. The monoisotopic (exact) mass is 503 g/mol. The Kier molecular flexibility index (Phi) is 10.5. The van der Waals surface area contributed by atoms with Crippen LogP contribution in [-0.2, 0) is 0 Å². The molecular weight excluding hydrogens is 473 g/mol. The fraction of sp³-hybridized carbons (Fsp3) is 0.450. The predicted octanol–water partition coefficient (Wildman–Crippen LogP) is 4.80. The second-order valence-electron chi connectivity index (χ2n) is 6.11. The summed E-state index contributed by atoms with van der Waals surface area (Å²) in [7, 11) is 3.35. The Morgan fingerprint density at radius 2 is 1.96 bits per heavy atom. The van der Waals surface area contributed by atoms with Crippen molar-refractivity contribution in [3.63, 3.8) is 0 Å². The topological polar surface area (TPSA) is 54.9 Å². The van der Waals surface area contributed by atoms with Crippen molar-refractivity contribution in [2.45, 2.75) is 32.7 Å². The number of nitrogens with zero attached hydrogens (tertiary/aromatic N) is 1. The second kappa shape index (κ2) is 12.1. The molecule has 0 amide bonds. The molecule has 1 aromatic carbocycles. The zero-order chi connectivity index (χ0) is 18.9. The van der Waals surface area contributed by atoms with Gasteiger partial charge in [-0.15, -0.1) is 35.3 Å². The van der Waals surface area contributed by atoms with Crippen molar-refractivity contribution in [2.24, 2.45) is 4.99 Å². The summed E-state index contributed by atoms with van der Waals surface area (Å²) in [5, 5.41) is 8.90. The maximum absolute atomic E-state index is 5.50. The molecule has 0 radical (unpaired) electrons. The van der Waals surface area contributed by atoms with E-state index in [1.807, 2.05) is 18.2 Å². The Morgan fingerprint density at radius 3 is 2.56 bits per heavy atom. The molecule has 0 saturated heterocycles. The summed E-state index contributed by atoms with van der Waals surface area (Å²) in [5.74, 6) is 2.83. The van der Waals surface area contributed by atoms with Crippen LogP contribution < -0.4 is 20.1 Å². The highest BCUT2D eigenvalue weighted by Crippen LogP contribution is 2.29. The highest BCUT2D eigenvalue weighted by atomic mass is 127. The lowest BCUT2D eigenvalue weighted by Crippen LogP contribution is -2.39. The first-order valence-corrected chi connectivity index (χ1v) is 9.77. The number of hydrogen-bond acceptors (Lipinski definition) is 4. The van der Waals surface area contributed by atoms with Crippen LogP contribution in [0.4, 0.5) is 0 Å². The van der Waals surface area contributed by atoms with E-state index < -0.39 is 0 Å². The number of ether oxygens (including phenoxy) is 2. The van der Waals surface area contributed by atoms with Gasteiger partial charge in [-0.2, -0.15) is 0 Å². The van der Waals surface area contributed by atoms with E-state index in [4.69, 9.17) is 14.5 Å². The summed E-state index contributed by atoms with van der Waals surface area (Å²) in [4.78, 5) is 6.12. The second-order valence-corrected chi connectivity index (χ2v) is 7.09. The van der Waals surface area contributed by atoms with E-state index in [1.54, 1.807) is 25.6 Å². The van der Waals surface area contributed by atoms with E-state index in [0.29, 0.717) is 5.92 Å². The van der Waals surface area contributed by atoms with Crippen molar-refractivity contribution < 1.29 is 9.47 Å². The third kappa shape index (κ3) is 6.88. The smallest absolute Gasteiger partial charge is 0.191 e. The van der Waals surface area contributed by atoms with Crippen molar-refractivity contribution in [1.29, 1.82) is 0 Å². The number of guanidine groups is 1. The molecule has 0 fully saturated rings. The number of aliphatic imine (C=N–C) groups is 1. The molecule has 2 rings (SSSR count). The number of rotatable bonds is 8. The lowest BCUT2D eigenvalue weighted by atomic mass is 10.1. The van der Waals surface area contributed by atoms with Crippen LogP contribution in [0.3, 0.4) is 0 Å². The first-order chi connectivity index (χ1) is 12.6. The predicted molar refractivity (Wildman–Crippen MR) is 125 cm³/mol. The minimum Gasteiger partial charge on any atom is -0.497 e. The van der Waals surface area contributed by atoms with Crippen LogP contribution in [0.15, 0.2) is 40.7 Å². The van der Waals surface area contributed by atoms with Crippen molar-refractivity contribution in [3.8, 4) is 11.5 Å². The number of nitrogens with one attached hydrogen (secondary N) is 2. The van der Waals surface area contributed by atoms with Crippen LogP contribution in [0.1, 0.15) is 43.2 Å². The SMILES string of the molecule is CCNC(=NCC(C)c1cccs1)NC(C)c1cc(OC)ccc1OC.I. The summed E-state index contributed by atoms with van der Waals surface area (Å²) in [6.07, 6.45) is 0. The Morgan fingerprint density at radius 1 is 1.19 bits per heavy atom. The Balaban J connectivity index is 0.00000364. The lowest BCUT2D eigenvalue weighted by Gasteiger charge is -2.21. The van der Waals surface area contributed by atoms with Gasteiger partial charge >= 0.3 is 0 Å². The zero-order valence-corrected chi connectivity index (χ0v) is 19.8. The molecular formula is C20H30IN3O2S. The number of hydrogen-bond donors (Lipinski definition) is 2. The van der Waals surface area contributed by atoms with Crippen LogP contribution in [0.2, 0.25) is 0 Å². The fourth-order valence-electron chi connectivity index (χ4n) is 2.67. The molecule has 5 nitrogen and oxygen atoms in total. The fourth-order valence-corrected chi connectivity index (χ4v) is 3.45. The van der Waals surface area contributed by atoms with Gasteiger partial charge in [-0.25, -0.2) is 0 Å². The molecule has 0 bridgehead atoms. The number of methoxy groups -OCH3 is 2. The molecule has 27 heavy (non-hydrogen) atoms. The number of halogens is 1. The summed E-state index contributed by atoms with van der Waals surface area (Å²) < 4.78 is 10.8. The van der Waals surface area contributed by atoms with E-state index in [2.05, 4.69) is 48.9 Å². The standard InChI is InChI=1S/C20H29N3O2S.HI/c1-6-21-20(22-13-14(2)19-8-7-11-26-19)23-15(3)17-12-16(24-4)9-10-18(17)25-5;/h7-12,14-15H,6,13H2,1-5H3,(H2,21,22,23);1H. The molecule has 0 spiro atoms. The summed E-state index contributed by atoms with van der Waals surface area (Å²) in [5.41, 5.74) is 1.03. The summed E-state index contributed by atoms with van der Waals surface area (Å²) in [6, 6.07) is 10.1. The number of benzene rings is 1. The molecule has 0 aliphatic heterocycles. The van der Waals surface area contributed by atoms with Crippen LogP contribution in [-0.4, -0.2) is 33.3 Å². The van der Waals surface area contributed by atoms with E-state index in [1.165, 1.54) is 4.88 Å². The van der Waals surface area contributed by atoms with Gasteiger partial charge in [-0.1, -0.05) is 13.0 Å². The van der Waals surface area contributed by atoms with Crippen LogP contribution >= 0.6 is 35.3 Å². The highest BCUT2D eigenvalue weighted by molar-refractivity contribution is 14.0. The van der Waals surface area contributed by atoms with Crippen molar-refractivity contribution in [2.75, 3.05) is 27.3 Å². The maximum Gasteiger partial charge on any atom is 0.191 e. The first-order valence-electron chi connectivity index (χ1n) is 8.89. The summed E-state index contributed by atoms with van der Waals surface area (Å²) in [6.45, 7) is 7.90. The van der Waals surface area contributed by atoms with Crippen molar-refractivity contribution >= 4 is 41.3 Å². The van der Waals surface area contributed by atoms with E-state index in [-0.39, 0.29) is 30.0 Å². The number of thiophene rings is 1. The molecule has 0 saturated carbocycles. The van der Waals surface area contributed by atoms with Crippen LogP contribution in [0.5, 0.6) is 11.5 Å². The molecule has 2 atom stereocenters. The molecule has 1 heterocycles. The molecule has 150 valence electrons. The van der Waals surface area contributed by atoms with Crippen LogP contribution in [0.25, 0.3) is 0 Å². The first kappa shape index (κ1) is 23.6. The molecule has 7 heteroatoms. The summed E-state index contributed by atoms with van der Waals surface area (Å²) >= 11 is 1.78. The average molecular weight is 503 g/mol. The lowest BCUT2D eigenvalue weighted by molar-refractivity contribution is 0.394. The Labute approximate surface area is 183 Å². The minimum absolute atomic E-state index is 0. The van der Waals surface area contributed by atoms with Gasteiger partial charge < -0.3 is 20.1 Å². The van der Waals surface area contributed by atoms with Crippen molar-refractivity contribution in [1.82, 2.24) is 10.6 Å². The largest absolute Gasteiger partial charge is 0.497 e. The molecule has 0 aliphatic rings. The highest BCUT2D eigenvalue weighted by Gasteiger charge is 2.15. The van der Waals surface area contributed by atoms with Gasteiger partial charge in [0, 0.05) is 22.9 Å².